The predicted octanol–water partition coefficient (Wildman–Crippen LogP) is 1.80. The number of aromatic nitrogens is 4. The Morgan fingerprint density at radius 1 is 1.44 bits per heavy atom. The van der Waals surface area contributed by atoms with Crippen LogP contribution < -0.4 is 0 Å². The normalized spacial score (nSPS) is 12.2. The molecule has 0 aliphatic carbocycles. The van der Waals surface area contributed by atoms with Crippen LogP contribution in [0.1, 0.15) is 31.6 Å². The van der Waals surface area contributed by atoms with Crippen LogP contribution in [0.25, 0.3) is 4.96 Å². The molecule has 0 aromatic carbocycles. The first-order valence-corrected chi connectivity index (χ1v) is 7.36. The third-order valence-electron chi connectivity index (χ3n) is 2.15. The number of thioether (sulfide) groups is 1. The van der Waals surface area contributed by atoms with Crippen LogP contribution in [0.15, 0.2) is 0 Å². The molecule has 98 valence electrons. The van der Waals surface area contributed by atoms with Gasteiger partial charge in [-0.1, -0.05) is 32.1 Å². The number of nitrogens with zero attached hydrogens (tertiary/aromatic N) is 4. The molecule has 0 amide bonds. The predicted molar refractivity (Wildman–Crippen MR) is 71.2 cm³/mol. The second-order valence-corrected chi connectivity index (χ2v) is 6.88. The average Bonchev–Trinajstić information content (AvgIpc) is 2.73. The molecule has 0 unspecified atom stereocenters. The van der Waals surface area contributed by atoms with Gasteiger partial charge in [0.25, 0.3) is 0 Å². The molecule has 6 nitrogen and oxygen atoms in total. The molecular weight excluding hydrogens is 272 g/mol. The zero-order valence-corrected chi connectivity index (χ0v) is 12.0. The van der Waals surface area contributed by atoms with Crippen molar-refractivity contribution in [3.8, 4) is 0 Å². The van der Waals surface area contributed by atoms with Gasteiger partial charge in [0.2, 0.25) is 4.96 Å². The van der Waals surface area contributed by atoms with E-state index in [-0.39, 0.29) is 11.2 Å². The molecule has 0 aliphatic rings. The second-order valence-electron chi connectivity index (χ2n) is 4.85. The van der Waals surface area contributed by atoms with E-state index in [0.717, 1.165) is 15.8 Å². The van der Waals surface area contributed by atoms with Crippen LogP contribution in [-0.4, -0.2) is 36.6 Å². The topological polar surface area (TPSA) is 80.4 Å². The van der Waals surface area contributed by atoms with E-state index in [9.17, 15) is 4.79 Å². The number of hydrogen-bond donors (Lipinski definition) is 1. The summed E-state index contributed by atoms with van der Waals surface area (Å²) in [7, 11) is 0. The molecule has 1 N–H and O–H groups in total. The lowest BCUT2D eigenvalue weighted by molar-refractivity contribution is -0.133. The van der Waals surface area contributed by atoms with Gasteiger partial charge in [-0.25, -0.2) is 0 Å². The summed E-state index contributed by atoms with van der Waals surface area (Å²) in [6.45, 7) is 6.17. The zero-order chi connectivity index (χ0) is 13.3. The lowest BCUT2D eigenvalue weighted by atomic mass is 9.96. The Morgan fingerprint density at radius 3 is 2.78 bits per heavy atom. The van der Waals surface area contributed by atoms with Gasteiger partial charge in [-0.05, 0) is 0 Å². The van der Waals surface area contributed by atoms with Crippen molar-refractivity contribution >= 4 is 34.0 Å². The number of rotatable bonds is 4. The largest absolute Gasteiger partial charge is 0.481 e. The van der Waals surface area contributed by atoms with Crippen molar-refractivity contribution < 1.29 is 9.90 Å². The summed E-state index contributed by atoms with van der Waals surface area (Å²) in [5.41, 5.74) is -0.112. The zero-order valence-electron chi connectivity index (χ0n) is 10.4. The summed E-state index contributed by atoms with van der Waals surface area (Å²) in [6, 6.07) is 0. The number of carboxylic acid groups (broad SMARTS) is 1. The Kier molecular flexibility index (Phi) is 3.58. The molecule has 0 spiro atoms. The SMILES string of the molecule is CC(C)(C)c1nnc2sc(CSCC(=O)O)nn12. The van der Waals surface area contributed by atoms with Crippen molar-refractivity contribution in [3.05, 3.63) is 10.8 Å². The lowest BCUT2D eigenvalue weighted by Gasteiger charge is -2.13. The van der Waals surface area contributed by atoms with E-state index in [1.54, 1.807) is 4.52 Å². The number of aliphatic carboxylic acids is 1. The van der Waals surface area contributed by atoms with Gasteiger partial charge in [0.05, 0.1) is 5.75 Å². The number of fused-ring (bicyclic) bond motifs is 1. The van der Waals surface area contributed by atoms with E-state index < -0.39 is 5.97 Å². The fraction of sp³-hybridized carbons (Fsp3) is 0.600. The van der Waals surface area contributed by atoms with Gasteiger partial charge in [0.1, 0.15) is 5.01 Å². The van der Waals surface area contributed by atoms with E-state index >= 15 is 0 Å². The molecule has 2 aromatic rings. The Morgan fingerprint density at radius 2 is 2.17 bits per heavy atom. The number of hydrogen-bond acceptors (Lipinski definition) is 6. The highest BCUT2D eigenvalue weighted by Gasteiger charge is 2.23. The monoisotopic (exact) mass is 286 g/mol. The average molecular weight is 286 g/mol. The van der Waals surface area contributed by atoms with Crippen molar-refractivity contribution in [2.75, 3.05) is 5.75 Å². The molecule has 0 fully saturated rings. The van der Waals surface area contributed by atoms with Crippen LogP contribution in [0.4, 0.5) is 0 Å². The number of carboxylic acids is 1. The van der Waals surface area contributed by atoms with E-state index in [4.69, 9.17) is 5.11 Å². The molecular formula is C10H14N4O2S2. The van der Waals surface area contributed by atoms with Crippen LogP contribution >= 0.6 is 23.1 Å². The highest BCUT2D eigenvalue weighted by molar-refractivity contribution is 7.99. The van der Waals surface area contributed by atoms with Gasteiger partial charge in [-0.15, -0.1) is 22.0 Å². The first-order valence-electron chi connectivity index (χ1n) is 5.39. The second kappa shape index (κ2) is 4.85. The Labute approximate surface area is 112 Å². The minimum Gasteiger partial charge on any atom is -0.481 e. The van der Waals surface area contributed by atoms with Crippen molar-refractivity contribution in [1.82, 2.24) is 19.8 Å². The first-order chi connectivity index (χ1) is 8.38. The van der Waals surface area contributed by atoms with Gasteiger partial charge in [-0.3, -0.25) is 4.79 Å². The highest BCUT2D eigenvalue weighted by Crippen LogP contribution is 2.24. The standard InChI is InChI=1S/C10H14N4O2S2/c1-10(2,3)8-11-12-9-14(8)13-6(18-9)4-17-5-7(15)16/h4-5H2,1-3H3,(H,15,16). The Hall–Kier alpha value is -1.15. The molecule has 0 saturated heterocycles. The van der Waals surface area contributed by atoms with E-state index in [2.05, 4.69) is 36.1 Å². The summed E-state index contributed by atoms with van der Waals surface area (Å²) in [4.78, 5) is 11.2. The van der Waals surface area contributed by atoms with Crippen LogP contribution in [0, 0.1) is 0 Å². The molecule has 0 bridgehead atoms. The van der Waals surface area contributed by atoms with Crippen LogP contribution in [0.2, 0.25) is 0 Å². The van der Waals surface area contributed by atoms with E-state index in [1.165, 1.54) is 23.1 Å². The van der Waals surface area contributed by atoms with Crippen molar-refractivity contribution in [2.24, 2.45) is 0 Å². The summed E-state index contributed by atoms with van der Waals surface area (Å²) in [5.74, 6) is 0.692. The third-order valence-corrected chi connectivity index (χ3v) is 4.16. The molecule has 2 aromatic heterocycles. The maximum absolute atomic E-state index is 10.4. The molecule has 2 rings (SSSR count). The quantitative estimate of drug-likeness (QED) is 0.923. The molecule has 0 radical (unpaired) electrons. The van der Waals surface area contributed by atoms with E-state index in [0.29, 0.717) is 5.75 Å². The fourth-order valence-electron chi connectivity index (χ4n) is 1.41. The third kappa shape index (κ3) is 2.81. The highest BCUT2D eigenvalue weighted by atomic mass is 32.2. The fourth-order valence-corrected chi connectivity index (χ4v) is 3.03. The first kappa shape index (κ1) is 13.3. The minimum absolute atomic E-state index is 0.0896. The van der Waals surface area contributed by atoms with E-state index in [1.807, 2.05) is 0 Å². The van der Waals surface area contributed by atoms with Crippen LogP contribution in [0.3, 0.4) is 0 Å². The molecule has 2 heterocycles. The molecule has 8 heteroatoms. The minimum atomic E-state index is -0.807. The van der Waals surface area contributed by atoms with Gasteiger partial charge >= 0.3 is 5.97 Å². The number of carbonyl (C=O) groups is 1. The Balaban J connectivity index is 2.18. The summed E-state index contributed by atoms with van der Waals surface area (Å²) in [5, 5.41) is 22.1. The smallest absolute Gasteiger partial charge is 0.313 e. The maximum Gasteiger partial charge on any atom is 0.313 e. The van der Waals surface area contributed by atoms with Gasteiger partial charge in [-0.2, -0.15) is 9.61 Å². The van der Waals surface area contributed by atoms with Gasteiger partial charge < -0.3 is 5.11 Å². The lowest BCUT2D eigenvalue weighted by Crippen LogP contribution is -2.16. The molecule has 0 atom stereocenters. The Bertz CT molecular complexity index is 570. The molecule has 0 aliphatic heterocycles. The summed E-state index contributed by atoms with van der Waals surface area (Å²) < 4.78 is 1.75. The molecule has 0 saturated carbocycles. The van der Waals surface area contributed by atoms with Gasteiger partial charge in [0, 0.05) is 11.2 Å². The maximum atomic E-state index is 10.4. The van der Waals surface area contributed by atoms with Crippen molar-refractivity contribution in [2.45, 2.75) is 31.9 Å². The summed E-state index contributed by atoms with van der Waals surface area (Å²) >= 11 is 2.78. The van der Waals surface area contributed by atoms with Gasteiger partial charge in [0.15, 0.2) is 5.82 Å². The van der Waals surface area contributed by atoms with Crippen LogP contribution in [0.5, 0.6) is 0 Å². The van der Waals surface area contributed by atoms with Crippen LogP contribution in [-0.2, 0) is 16.0 Å². The van der Waals surface area contributed by atoms with Crippen molar-refractivity contribution in [3.63, 3.8) is 0 Å². The van der Waals surface area contributed by atoms with Crippen molar-refractivity contribution in [1.29, 1.82) is 0 Å². The summed E-state index contributed by atoms with van der Waals surface area (Å²) in [6.07, 6.45) is 0. The molecule has 18 heavy (non-hydrogen) atoms.